The van der Waals surface area contributed by atoms with Crippen molar-refractivity contribution < 1.29 is 4.79 Å². The van der Waals surface area contributed by atoms with Crippen LogP contribution in [-0.4, -0.2) is 49.5 Å². The van der Waals surface area contributed by atoms with Crippen LogP contribution < -0.4 is 10.6 Å². The van der Waals surface area contributed by atoms with Crippen LogP contribution >= 0.6 is 0 Å². The van der Waals surface area contributed by atoms with Gasteiger partial charge < -0.3 is 15.5 Å². The topological polar surface area (TPSA) is 56.7 Å². The summed E-state index contributed by atoms with van der Waals surface area (Å²) in [6.07, 6.45) is 4.38. The minimum Gasteiger partial charge on any atom is -0.356 e. The normalized spacial score (nSPS) is 19.0. The lowest BCUT2D eigenvalue weighted by atomic mass is 9.90. The number of piperidine rings is 1. The second-order valence-corrected chi connectivity index (χ2v) is 6.38. The zero-order chi connectivity index (χ0) is 15.9. The zero-order valence-corrected chi connectivity index (χ0v) is 13.6. The van der Waals surface area contributed by atoms with Crippen LogP contribution in [-0.2, 0) is 11.2 Å². The van der Waals surface area contributed by atoms with Crippen molar-refractivity contribution in [3.8, 4) is 0 Å². The second-order valence-electron chi connectivity index (χ2n) is 6.38. The molecule has 0 aliphatic carbocycles. The van der Waals surface area contributed by atoms with Crippen molar-refractivity contribution in [3.05, 3.63) is 35.9 Å². The fourth-order valence-corrected chi connectivity index (χ4v) is 3.26. The molecule has 124 valence electrons. The zero-order valence-electron chi connectivity index (χ0n) is 13.6. The minimum absolute atomic E-state index is 0.179. The van der Waals surface area contributed by atoms with Crippen LogP contribution in [0.25, 0.3) is 0 Å². The van der Waals surface area contributed by atoms with Gasteiger partial charge in [0, 0.05) is 26.2 Å². The molecule has 1 aromatic carbocycles. The number of nitrogens with one attached hydrogen (secondary N) is 2. The number of nitrogens with zero attached hydrogens (tertiary/aromatic N) is 2. The number of hydrogen-bond acceptors (Lipinski definition) is 4. The third kappa shape index (κ3) is 4.71. The van der Waals surface area contributed by atoms with Gasteiger partial charge in [-0.15, -0.1) is 0 Å². The summed E-state index contributed by atoms with van der Waals surface area (Å²) < 4.78 is 0. The van der Waals surface area contributed by atoms with Crippen LogP contribution in [0.4, 0.5) is 0 Å². The molecule has 0 unspecified atom stereocenters. The molecule has 0 spiro atoms. The Hall–Kier alpha value is -2.04. The molecule has 1 fully saturated rings. The van der Waals surface area contributed by atoms with Gasteiger partial charge in [0.05, 0.1) is 6.54 Å². The van der Waals surface area contributed by atoms with E-state index in [4.69, 9.17) is 0 Å². The van der Waals surface area contributed by atoms with Crippen molar-refractivity contribution in [1.82, 2.24) is 15.5 Å². The van der Waals surface area contributed by atoms with E-state index in [2.05, 4.69) is 46.0 Å². The van der Waals surface area contributed by atoms with Gasteiger partial charge in [-0.25, -0.2) is 0 Å². The number of amides is 1. The Balaban J connectivity index is 1.39. The second kappa shape index (κ2) is 7.99. The SMILES string of the molecule is O=C(CNC1=NCCCN1)N1CCC(Cc2ccccc2)CC1. The molecule has 0 saturated carbocycles. The van der Waals surface area contributed by atoms with Crippen molar-refractivity contribution in [2.24, 2.45) is 10.9 Å². The molecule has 1 amide bonds. The number of benzene rings is 1. The van der Waals surface area contributed by atoms with Crippen LogP contribution in [0.5, 0.6) is 0 Å². The van der Waals surface area contributed by atoms with E-state index in [0.29, 0.717) is 12.5 Å². The standard InChI is InChI=1S/C18H26N4O/c23-17(14-21-18-19-9-4-10-20-18)22-11-7-16(8-12-22)13-15-5-2-1-3-6-15/h1-3,5-6,16H,4,7-14H2,(H2,19,20,21). The van der Waals surface area contributed by atoms with E-state index in [1.165, 1.54) is 5.56 Å². The Morgan fingerprint density at radius 1 is 1.26 bits per heavy atom. The molecule has 0 atom stereocenters. The predicted octanol–water partition coefficient (Wildman–Crippen LogP) is 1.41. The summed E-state index contributed by atoms with van der Waals surface area (Å²) in [4.78, 5) is 18.6. The molecule has 2 aliphatic rings. The van der Waals surface area contributed by atoms with Gasteiger partial charge >= 0.3 is 0 Å². The number of hydrogen-bond donors (Lipinski definition) is 2. The van der Waals surface area contributed by atoms with Crippen LogP contribution in [0, 0.1) is 5.92 Å². The van der Waals surface area contributed by atoms with Crippen molar-refractivity contribution in [2.45, 2.75) is 25.7 Å². The Labute approximate surface area is 138 Å². The Morgan fingerprint density at radius 2 is 2.04 bits per heavy atom. The fraction of sp³-hybridized carbons (Fsp3) is 0.556. The van der Waals surface area contributed by atoms with E-state index in [0.717, 1.165) is 57.8 Å². The molecule has 0 aromatic heterocycles. The first kappa shape index (κ1) is 15.8. The van der Waals surface area contributed by atoms with Crippen LogP contribution in [0.3, 0.4) is 0 Å². The van der Waals surface area contributed by atoms with Crippen molar-refractivity contribution in [2.75, 3.05) is 32.7 Å². The summed E-state index contributed by atoms with van der Waals surface area (Å²) in [6, 6.07) is 10.6. The molecule has 23 heavy (non-hydrogen) atoms. The van der Waals surface area contributed by atoms with Gasteiger partial charge in [0.25, 0.3) is 0 Å². The van der Waals surface area contributed by atoms with E-state index < -0.39 is 0 Å². The molecule has 1 saturated heterocycles. The van der Waals surface area contributed by atoms with Crippen LogP contribution in [0.1, 0.15) is 24.8 Å². The lowest BCUT2D eigenvalue weighted by Crippen LogP contribution is -2.48. The van der Waals surface area contributed by atoms with Crippen LogP contribution in [0.2, 0.25) is 0 Å². The Kier molecular flexibility index (Phi) is 5.51. The fourth-order valence-electron chi connectivity index (χ4n) is 3.26. The smallest absolute Gasteiger partial charge is 0.241 e. The molecule has 0 radical (unpaired) electrons. The summed E-state index contributed by atoms with van der Waals surface area (Å²) in [6.45, 7) is 3.87. The van der Waals surface area contributed by atoms with E-state index in [1.807, 2.05) is 4.90 Å². The van der Waals surface area contributed by atoms with Crippen LogP contribution in [0.15, 0.2) is 35.3 Å². The Bertz CT molecular complexity index is 535. The molecular formula is C18H26N4O. The van der Waals surface area contributed by atoms with E-state index in [1.54, 1.807) is 0 Å². The van der Waals surface area contributed by atoms with E-state index >= 15 is 0 Å². The van der Waals surface area contributed by atoms with Crippen molar-refractivity contribution in [3.63, 3.8) is 0 Å². The summed E-state index contributed by atoms with van der Waals surface area (Å²) in [7, 11) is 0. The molecule has 2 heterocycles. The Morgan fingerprint density at radius 3 is 2.74 bits per heavy atom. The number of carbonyl (C=O) groups excluding carboxylic acids is 1. The predicted molar refractivity (Wildman–Crippen MR) is 92.4 cm³/mol. The maximum atomic E-state index is 12.3. The summed E-state index contributed by atoms with van der Waals surface area (Å²) >= 11 is 0. The quantitative estimate of drug-likeness (QED) is 0.883. The van der Waals surface area contributed by atoms with Gasteiger partial charge in [0.1, 0.15) is 0 Å². The number of guanidine groups is 1. The number of likely N-dealkylation sites (tertiary alicyclic amines) is 1. The number of carbonyl (C=O) groups is 1. The molecule has 2 N–H and O–H groups in total. The highest BCUT2D eigenvalue weighted by Gasteiger charge is 2.23. The monoisotopic (exact) mass is 314 g/mol. The molecule has 5 heteroatoms. The maximum Gasteiger partial charge on any atom is 0.241 e. The first-order chi connectivity index (χ1) is 11.3. The van der Waals surface area contributed by atoms with Gasteiger partial charge in [-0.05, 0) is 37.2 Å². The third-order valence-electron chi connectivity index (χ3n) is 4.64. The minimum atomic E-state index is 0.179. The molecule has 2 aliphatic heterocycles. The highest BCUT2D eigenvalue weighted by molar-refractivity contribution is 5.86. The maximum absolute atomic E-state index is 12.3. The molecule has 1 aromatic rings. The summed E-state index contributed by atoms with van der Waals surface area (Å²) in [5, 5.41) is 6.30. The first-order valence-corrected chi connectivity index (χ1v) is 8.65. The van der Waals surface area contributed by atoms with E-state index in [9.17, 15) is 4.79 Å². The van der Waals surface area contributed by atoms with Gasteiger partial charge in [0.2, 0.25) is 5.91 Å². The number of aliphatic imine (C=N–C) groups is 1. The molecule has 3 rings (SSSR count). The molecule has 5 nitrogen and oxygen atoms in total. The lowest BCUT2D eigenvalue weighted by molar-refractivity contribution is -0.131. The van der Waals surface area contributed by atoms with Gasteiger partial charge in [-0.2, -0.15) is 0 Å². The first-order valence-electron chi connectivity index (χ1n) is 8.65. The molecule has 0 bridgehead atoms. The average Bonchev–Trinajstić information content (AvgIpc) is 2.62. The largest absolute Gasteiger partial charge is 0.356 e. The number of rotatable bonds is 4. The highest BCUT2D eigenvalue weighted by atomic mass is 16.2. The van der Waals surface area contributed by atoms with Crippen molar-refractivity contribution in [1.29, 1.82) is 0 Å². The average molecular weight is 314 g/mol. The third-order valence-corrected chi connectivity index (χ3v) is 4.64. The summed E-state index contributed by atoms with van der Waals surface area (Å²) in [5.74, 6) is 1.64. The summed E-state index contributed by atoms with van der Waals surface area (Å²) in [5.41, 5.74) is 1.40. The molecular weight excluding hydrogens is 288 g/mol. The lowest BCUT2D eigenvalue weighted by Gasteiger charge is -2.32. The van der Waals surface area contributed by atoms with Gasteiger partial charge in [-0.3, -0.25) is 9.79 Å². The van der Waals surface area contributed by atoms with Crippen molar-refractivity contribution >= 4 is 11.9 Å². The van der Waals surface area contributed by atoms with E-state index in [-0.39, 0.29) is 5.91 Å². The highest BCUT2D eigenvalue weighted by Crippen LogP contribution is 2.21. The van der Waals surface area contributed by atoms with Gasteiger partial charge in [0.15, 0.2) is 5.96 Å². The van der Waals surface area contributed by atoms with Gasteiger partial charge in [-0.1, -0.05) is 30.3 Å².